The molecule has 2 rings (SSSR count). The quantitative estimate of drug-likeness (QED) is 0.881. The zero-order chi connectivity index (χ0) is 14.7. The van der Waals surface area contributed by atoms with Gasteiger partial charge in [0.25, 0.3) is 0 Å². The normalized spacial score (nSPS) is 12.2. The van der Waals surface area contributed by atoms with E-state index in [0.29, 0.717) is 5.76 Å². The maximum Gasteiger partial charge on any atom is 0.373 e. The highest BCUT2D eigenvalue weighted by Gasteiger charge is 2.19. The number of esters is 1. The lowest BCUT2D eigenvalue weighted by Gasteiger charge is -2.14. The Hall–Kier alpha value is -1.85. The zero-order valence-corrected chi connectivity index (χ0v) is 11.7. The predicted octanol–water partition coefficient (Wildman–Crippen LogP) is 3.17. The second kappa shape index (κ2) is 6.07. The summed E-state index contributed by atoms with van der Waals surface area (Å²) in [4.78, 5) is 11.4. The summed E-state index contributed by atoms with van der Waals surface area (Å²) in [7, 11) is 3.00. The van der Waals surface area contributed by atoms with Crippen molar-refractivity contribution in [3.05, 3.63) is 58.3 Å². The topological polar surface area (TPSA) is 51.5 Å². The molecule has 0 aliphatic heterocycles. The maximum atomic E-state index is 13.2. The van der Waals surface area contributed by atoms with Gasteiger partial charge in [-0.3, -0.25) is 0 Å². The van der Waals surface area contributed by atoms with Crippen LogP contribution in [0.4, 0.5) is 4.39 Å². The summed E-state index contributed by atoms with van der Waals surface area (Å²) in [6.45, 7) is 0. The molecule has 1 atom stereocenters. The summed E-state index contributed by atoms with van der Waals surface area (Å²) >= 11 is 5.77. The Morgan fingerprint density at radius 2 is 2.15 bits per heavy atom. The number of methoxy groups -OCH3 is 1. The number of halogens is 2. The van der Waals surface area contributed by atoms with Gasteiger partial charge in [-0.15, -0.1) is 0 Å². The number of furan rings is 1. The molecule has 20 heavy (non-hydrogen) atoms. The van der Waals surface area contributed by atoms with Crippen LogP contribution in [-0.4, -0.2) is 20.1 Å². The minimum absolute atomic E-state index is 0.0301. The molecule has 0 aliphatic carbocycles. The van der Waals surface area contributed by atoms with Crippen LogP contribution in [0.2, 0.25) is 5.02 Å². The van der Waals surface area contributed by atoms with E-state index in [9.17, 15) is 9.18 Å². The van der Waals surface area contributed by atoms with Gasteiger partial charge in [-0.25, -0.2) is 9.18 Å². The van der Waals surface area contributed by atoms with Gasteiger partial charge in [0.15, 0.2) is 0 Å². The molecule has 2 aromatic rings. The summed E-state index contributed by atoms with van der Waals surface area (Å²) in [5.41, 5.74) is 0.727. The van der Waals surface area contributed by atoms with Gasteiger partial charge in [0.2, 0.25) is 5.76 Å². The minimum atomic E-state index is -0.553. The van der Waals surface area contributed by atoms with E-state index >= 15 is 0 Å². The number of benzene rings is 1. The molecule has 1 unspecified atom stereocenters. The zero-order valence-electron chi connectivity index (χ0n) is 10.9. The molecule has 0 bridgehead atoms. The Labute approximate surface area is 120 Å². The number of ether oxygens (including phenoxy) is 1. The SMILES string of the molecule is CNC(c1ccc(F)c(Cl)c1)c1ccc(C(=O)OC)o1. The fourth-order valence-electron chi connectivity index (χ4n) is 1.88. The average Bonchev–Trinajstić information content (AvgIpc) is 2.92. The van der Waals surface area contributed by atoms with Crippen LogP contribution >= 0.6 is 11.6 Å². The van der Waals surface area contributed by atoms with Crippen molar-refractivity contribution >= 4 is 17.6 Å². The van der Waals surface area contributed by atoms with Crippen LogP contribution in [0.5, 0.6) is 0 Å². The van der Waals surface area contributed by atoms with E-state index in [0.717, 1.165) is 5.56 Å². The van der Waals surface area contributed by atoms with E-state index in [1.165, 1.54) is 25.3 Å². The molecule has 0 aliphatic rings. The number of carbonyl (C=O) groups is 1. The Kier molecular flexibility index (Phi) is 4.42. The molecule has 4 nitrogen and oxygen atoms in total. The van der Waals surface area contributed by atoms with E-state index in [2.05, 4.69) is 10.1 Å². The van der Waals surface area contributed by atoms with E-state index in [1.807, 2.05) is 0 Å². The molecular formula is C14H13ClFNO3. The van der Waals surface area contributed by atoms with Crippen molar-refractivity contribution in [2.45, 2.75) is 6.04 Å². The second-order valence-corrected chi connectivity index (χ2v) is 4.50. The maximum absolute atomic E-state index is 13.2. The second-order valence-electron chi connectivity index (χ2n) is 4.09. The fraction of sp³-hybridized carbons (Fsp3) is 0.214. The van der Waals surface area contributed by atoms with Crippen molar-refractivity contribution in [2.75, 3.05) is 14.2 Å². The fourth-order valence-corrected chi connectivity index (χ4v) is 2.07. The van der Waals surface area contributed by atoms with Gasteiger partial charge in [-0.2, -0.15) is 0 Å². The number of hydrogen-bond acceptors (Lipinski definition) is 4. The first-order chi connectivity index (χ1) is 9.56. The summed E-state index contributed by atoms with van der Waals surface area (Å²) in [5, 5.41) is 3.05. The van der Waals surface area contributed by atoms with Crippen molar-refractivity contribution in [1.82, 2.24) is 5.32 Å². The van der Waals surface area contributed by atoms with Gasteiger partial charge in [0.05, 0.1) is 18.2 Å². The molecule has 0 fully saturated rings. The van der Waals surface area contributed by atoms with Crippen LogP contribution in [0.25, 0.3) is 0 Å². The number of carbonyl (C=O) groups excluding carboxylic acids is 1. The van der Waals surface area contributed by atoms with Crippen molar-refractivity contribution in [3.8, 4) is 0 Å². The Morgan fingerprint density at radius 3 is 2.75 bits per heavy atom. The Balaban J connectivity index is 2.34. The summed E-state index contributed by atoms with van der Waals surface area (Å²) < 4.78 is 23.2. The minimum Gasteiger partial charge on any atom is -0.463 e. The molecule has 0 saturated heterocycles. The van der Waals surface area contributed by atoms with Crippen molar-refractivity contribution < 1.29 is 18.3 Å². The highest BCUT2D eigenvalue weighted by Crippen LogP contribution is 2.27. The molecule has 0 radical (unpaired) electrons. The standard InChI is InChI=1S/C14H13ClFNO3/c1-17-13(8-3-4-10(16)9(15)7-8)11-5-6-12(20-11)14(18)19-2/h3-7,13,17H,1-2H3. The molecule has 0 saturated carbocycles. The number of rotatable bonds is 4. The van der Waals surface area contributed by atoms with Gasteiger partial charge in [0.1, 0.15) is 11.6 Å². The van der Waals surface area contributed by atoms with Gasteiger partial charge >= 0.3 is 5.97 Å². The average molecular weight is 298 g/mol. The van der Waals surface area contributed by atoms with Gasteiger partial charge in [-0.1, -0.05) is 17.7 Å². The molecule has 106 valence electrons. The van der Waals surface area contributed by atoms with E-state index in [-0.39, 0.29) is 16.8 Å². The largest absolute Gasteiger partial charge is 0.463 e. The van der Waals surface area contributed by atoms with Gasteiger partial charge < -0.3 is 14.5 Å². The van der Waals surface area contributed by atoms with E-state index in [4.69, 9.17) is 16.0 Å². The lowest BCUT2D eigenvalue weighted by atomic mass is 10.0. The first-order valence-corrected chi connectivity index (χ1v) is 6.25. The number of nitrogens with one attached hydrogen (secondary N) is 1. The molecule has 1 aromatic heterocycles. The molecule has 0 amide bonds. The van der Waals surface area contributed by atoms with Crippen LogP contribution in [-0.2, 0) is 4.74 Å². The van der Waals surface area contributed by atoms with Crippen LogP contribution < -0.4 is 5.32 Å². The summed E-state index contributed by atoms with van der Waals surface area (Å²) in [5.74, 6) is -0.422. The van der Waals surface area contributed by atoms with Crippen molar-refractivity contribution in [2.24, 2.45) is 0 Å². The third kappa shape index (κ3) is 2.84. The third-order valence-electron chi connectivity index (χ3n) is 2.86. The lowest BCUT2D eigenvalue weighted by Crippen LogP contribution is -2.17. The monoisotopic (exact) mass is 297 g/mol. The Bertz CT molecular complexity index is 627. The third-order valence-corrected chi connectivity index (χ3v) is 3.15. The predicted molar refractivity (Wildman–Crippen MR) is 72.4 cm³/mol. The Morgan fingerprint density at radius 1 is 1.40 bits per heavy atom. The van der Waals surface area contributed by atoms with Gasteiger partial charge in [-0.05, 0) is 36.9 Å². The molecule has 1 aromatic carbocycles. The van der Waals surface area contributed by atoms with Crippen LogP contribution in [0.1, 0.15) is 27.9 Å². The highest BCUT2D eigenvalue weighted by molar-refractivity contribution is 6.30. The molecule has 0 spiro atoms. The molecular weight excluding hydrogens is 285 g/mol. The van der Waals surface area contributed by atoms with Crippen LogP contribution in [0.15, 0.2) is 34.7 Å². The lowest BCUT2D eigenvalue weighted by molar-refractivity contribution is 0.0562. The van der Waals surface area contributed by atoms with Crippen molar-refractivity contribution in [3.63, 3.8) is 0 Å². The smallest absolute Gasteiger partial charge is 0.373 e. The highest BCUT2D eigenvalue weighted by atomic mass is 35.5. The van der Waals surface area contributed by atoms with Crippen LogP contribution in [0, 0.1) is 5.82 Å². The summed E-state index contributed by atoms with van der Waals surface area (Å²) in [6, 6.07) is 7.24. The first-order valence-electron chi connectivity index (χ1n) is 5.87. The van der Waals surface area contributed by atoms with Gasteiger partial charge in [0, 0.05) is 0 Å². The molecule has 6 heteroatoms. The summed E-state index contributed by atoms with van der Waals surface area (Å²) in [6.07, 6.45) is 0. The molecule has 1 N–H and O–H groups in total. The van der Waals surface area contributed by atoms with E-state index < -0.39 is 11.8 Å². The van der Waals surface area contributed by atoms with E-state index in [1.54, 1.807) is 19.2 Å². The number of hydrogen-bond donors (Lipinski definition) is 1. The van der Waals surface area contributed by atoms with Crippen molar-refractivity contribution in [1.29, 1.82) is 0 Å². The molecule has 1 heterocycles. The first kappa shape index (κ1) is 14.6. The van der Waals surface area contributed by atoms with Crippen LogP contribution in [0.3, 0.4) is 0 Å².